The van der Waals surface area contributed by atoms with Crippen LogP contribution in [0.2, 0.25) is 0 Å². The third-order valence-electron chi connectivity index (χ3n) is 2.73. The molecule has 0 amide bonds. The molecule has 2 heteroatoms. The molecule has 16 heavy (non-hydrogen) atoms. The van der Waals surface area contributed by atoms with E-state index >= 15 is 0 Å². The normalized spacial score (nSPS) is 11.2. The Morgan fingerprint density at radius 2 is 1.81 bits per heavy atom. The number of carbonyl (C=O) groups excluding carboxylic acids is 1. The fourth-order valence-corrected chi connectivity index (χ4v) is 1.52. The van der Waals surface area contributed by atoms with Gasteiger partial charge >= 0.3 is 0 Å². The summed E-state index contributed by atoms with van der Waals surface area (Å²) in [7, 11) is 0. The van der Waals surface area contributed by atoms with Crippen LogP contribution in [0.4, 0.5) is 4.39 Å². The van der Waals surface area contributed by atoms with Gasteiger partial charge < -0.3 is 0 Å². The Bertz CT molecular complexity index is 401. The number of allylic oxidation sites excluding steroid dienone is 1. The molecule has 0 aromatic heterocycles. The van der Waals surface area contributed by atoms with Gasteiger partial charge in [0.1, 0.15) is 11.6 Å². The molecule has 1 aromatic rings. The van der Waals surface area contributed by atoms with Crippen LogP contribution in [-0.2, 0) is 10.2 Å². The fraction of sp³-hybridized carbons (Fsp3) is 0.357. The van der Waals surface area contributed by atoms with Gasteiger partial charge in [-0.2, -0.15) is 0 Å². The van der Waals surface area contributed by atoms with Gasteiger partial charge in [-0.15, -0.1) is 0 Å². The van der Waals surface area contributed by atoms with Gasteiger partial charge in [0.25, 0.3) is 0 Å². The molecule has 0 aliphatic heterocycles. The van der Waals surface area contributed by atoms with E-state index in [1.54, 1.807) is 12.1 Å². The van der Waals surface area contributed by atoms with Gasteiger partial charge in [0, 0.05) is 11.8 Å². The largest absolute Gasteiger partial charge is 0.298 e. The highest BCUT2D eigenvalue weighted by molar-refractivity contribution is 5.90. The van der Waals surface area contributed by atoms with E-state index in [9.17, 15) is 9.18 Å². The fourth-order valence-electron chi connectivity index (χ4n) is 1.52. The van der Waals surface area contributed by atoms with E-state index < -0.39 is 5.41 Å². The molecule has 0 unspecified atom stereocenters. The highest BCUT2D eigenvalue weighted by Gasteiger charge is 2.28. The molecule has 1 rings (SSSR count). The molecule has 0 bridgehead atoms. The van der Waals surface area contributed by atoms with Crippen molar-refractivity contribution in [2.24, 2.45) is 0 Å². The van der Waals surface area contributed by atoms with Crippen LogP contribution in [0.1, 0.15) is 32.8 Å². The molecule has 0 saturated carbocycles. The number of hydrogen-bond acceptors (Lipinski definition) is 1. The summed E-state index contributed by atoms with van der Waals surface area (Å²) in [6.07, 6.45) is 0.365. The zero-order valence-electron chi connectivity index (χ0n) is 10.0. The number of hydrogen-bond donors (Lipinski definition) is 0. The molecule has 0 aliphatic rings. The molecule has 0 saturated heterocycles. The number of benzene rings is 1. The molecule has 0 atom stereocenters. The Kier molecular flexibility index (Phi) is 3.63. The lowest BCUT2D eigenvalue weighted by Gasteiger charge is -2.23. The van der Waals surface area contributed by atoms with Crippen molar-refractivity contribution in [1.82, 2.24) is 0 Å². The third-order valence-corrected chi connectivity index (χ3v) is 2.73. The van der Waals surface area contributed by atoms with Crippen molar-refractivity contribution in [3.05, 3.63) is 47.8 Å². The van der Waals surface area contributed by atoms with Crippen molar-refractivity contribution in [1.29, 1.82) is 0 Å². The summed E-state index contributed by atoms with van der Waals surface area (Å²) in [5.41, 5.74) is 1.09. The molecular weight excluding hydrogens is 203 g/mol. The van der Waals surface area contributed by atoms with Gasteiger partial charge in [0.05, 0.1) is 0 Å². The van der Waals surface area contributed by atoms with E-state index in [0.717, 1.165) is 11.1 Å². The second-order valence-corrected chi connectivity index (χ2v) is 4.69. The topological polar surface area (TPSA) is 17.1 Å². The molecule has 0 spiro atoms. The second kappa shape index (κ2) is 4.60. The van der Waals surface area contributed by atoms with Crippen LogP contribution in [-0.4, -0.2) is 5.78 Å². The standard InChI is InChI=1S/C14H17FO/c1-10(2)9-13(16)14(3,4)11-5-7-12(15)8-6-11/h5-8H,1,9H2,2-4H3. The average molecular weight is 220 g/mol. The Hall–Kier alpha value is -1.44. The zero-order valence-corrected chi connectivity index (χ0v) is 10.0. The molecule has 86 valence electrons. The Morgan fingerprint density at radius 3 is 2.25 bits per heavy atom. The minimum absolute atomic E-state index is 0.103. The summed E-state index contributed by atoms with van der Waals surface area (Å²) < 4.78 is 12.8. The molecule has 1 aromatic carbocycles. The van der Waals surface area contributed by atoms with Crippen molar-refractivity contribution in [2.45, 2.75) is 32.6 Å². The van der Waals surface area contributed by atoms with Gasteiger partial charge in [0.15, 0.2) is 0 Å². The summed E-state index contributed by atoms with van der Waals surface area (Å²) >= 11 is 0. The maximum Gasteiger partial charge on any atom is 0.146 e. The van der Waals surface area contributed by atoms with E-state index in [0.29, 0.717) is 6.42 Å². The Balaban J connectivity index is 2.96. The first-order valence-corrected chi connectivity index (χ1v) is 5.28. The monoisotopic (exact) mass is 220 g/mol. The van der Waals surface area contributed by atoms with E-state index in [-0.39, 0.29) is 11.6 Å². The first-order chi connectivity index (χ1) is 7.34. The highest BCUT2D eigenvalue weighted by atomic mass is 19.1. The van der Waals surface area contributed by atoms with E-state index in [4.69, 9.17) is 0 Å². The Labute approximate surface area is 96.0 Å². The minimum atomic E-state index is -0.591. The second-order valence-electron chi connectivity index (χ2n) is 4.69. The first-order valence-electron chi connectivity index (χ1n) is 5.28. The maximum atomic E-state index is 12.8. The third kappa shape index (κ3) is 2.78. The van der Waals surface area contributed by atoms with Gasteiger partial charge in [-0.1, -0.05) is 24.3 Å². The van der Waals surface area contributed by atoms with Crippen molar-refractivity contribution in [3.63, 3.8) is 0 Å². The van der Waals surface area contributed by atoms with Crippen LogP contribution >= 0.6 is 0 Å². The van der Waals surface area contributed by atoms with E-state index in [2.05, 4.69) is 6.58 Å². The number of rotatable bonds is 4. The van der Waals surface area contributed by atoms with Crippen LogP contribution in [0, 0.1) is 5.82 Å². The van der Waals surface area contributed by atoms with Gasteiger partial charge in [-0.3, -0.25) is 4.79 Å². The van der Waals surface area contributed by atoms with Gasteiger partial charge in [-0.25, -0.2) is 4.39 Å². The summed E-state index contributed by atoms with van der Waals surface area (Å²) in [6.45, 7) is 9.27. The van der Waals surface area contributed by atoms with Crippen LogP contribution in [0.15, 0.2) is 36.4 Å². The predicted molar refractivity (Wildman–Crippen MR) is 63.9 cm³/mol. The van der Waals surface area contributed by atoms with Crippen LogP contribution in [0.25, 0.3) is 0 Å². The lowest BCUT2D eigenvalue weighted by atomic mass is 9.78. The first kappa shape index (κ1) is 12.6. The molecule has 0 fully saturated rings. The number of halogens is 1. The molecule has 0 N–H and O–H groups in total. The smallest absolute Gasteiger partial charge is 0.146 e. The van der Waals surface area contributed by atoms with Crippen molar-refractivity contribution < 1.29 is 9.18 Å². The van der Waals surface area contributed by atoms with Gasteiger partial charge in [0.2, 0.25) is 0 Å². The highest BCUT2D eigenvalue weighted by Crippen LogP contribution is 2.26. The summed E-state index contributed by atoms with van der Waals surface area (Å²) in [5.74, 6) is -0.182. The lowest BCUT2D eigenvalue weighted by molar-refractivity contribution is -0.122. The van der Waals surface area contributed by atoms with Crippen LogP contribution in [0.3, 0.4) is 0 Å². The van der Waals surface area contributed by atoms with E-state index in [1.165, 1.54) is 12.1 Å². The van der Waals surface area contributed by atoms with E-state index in [1.807, 2.05) is 20.8 Å². The zero-order chi connectivity index (χ0) is 12.3. The van der Waals surface area contributed by atoms with Crippen LogP contribution in [0.5, 0.6) is 0 Å². The number of Topliss-reactive ketones (excluding diaryl/α,β-unsaturated/α-hetero) is 1. The molecule has 0 aliphatic carbocycles. The summed E-state index contributed by atoms with van der Waals surface area (Å²) in [4.78, 5) is 12.0. The Morgan fingerprint density at radius 1 is 1.31 bits per heavy atom. The average Bonchev–Trinajstić information content (AvgIpc) is 2.17. The maximum absolute atomic E-state index is 12.8. The summed E-state index contributed by atoms with van der Waals surface area (Å²) in [6, 6.07) is 6.08. The van der Waals surface area contributed by atoms with Crippen molar-refractivity contribution in [2.75, 3.05) is 0 Å². The minimum Gasteiger partial charge on any atom is -0.298 e. The quantitative estimate of drug-likeness (QED) is 0.708. The van der Waals surface area contributed by atoms with Crippen LogP contribution < -0.4 is 0 Å². The summed E-state index contributed by atoms with van der Waals surface area (Å²) in [5, 5.41) is 0. The molecule has 1 nitrogen and oxygen atoms in total. The molecule has 0 heterocycles. The number of ketones is 1. The van der Waals surface area contributed by atoms with Crippen molar-refractivity contribution in [3.8, 4) is 0 Å². The molecule has 0 radical (unpaired) electrons. The van der Waals surface area contributed by atoms with Gasteiger partial charge in [-0.05, 0) is 38.5 Å². The molecular formula is C14H17FO. The predicted octanol–water partition coefficient (Wildman–Crippen LogP) is 3.64. The lowest BCUT2D eigenvalue weighted by Crippen LogP contribution is -2.29. The SMILES string of the molecule is C=C(C)CC(=O)C(C)(C)c1ccc(F)cc1. The number of carbonyl (C=O) groups is 1. The van der Waals surface area contributed by atoms with Crippen molar-refractivity contribution >= 4 is 5.78 Å².